The van der Waals surface area contributed by atoms with Crippen molar-refractivity contribution in [3.63, 3.8) is 0 Å². The first kappa shape index (κ1) is 22.1. The molecule has 0 atom stereocenters. The largest absolute Gasteiger partial charge is 0.573 e. The van der Waals surface area contributed by atoms with Crippen molar-refractivity contribution in [2.24, 2.45) is 16.6 Å². The first-order chi connectivity index (χ1) is 12.9. The summed E-state index contributed by atoms with van der Waals surface area (Å²) in [5.74, 6) is 1.29. The van der Waals surface area contributed by atoms with E-state index in [0.29, 0.717) is 24.8 Å². The van der Waals surface area contributed by atoms with Crippen LogP contribution in [0.1, 0.15) is 18.4 Å². The van der Waals surface area contributed by atoms with Crippen LogP contribution in [0.3, 0.4) is 0 Å². The number of hydrogen-bond acceptors (Lipinski definition) is 3. The van der Waals surface area contributed by atoms with Gasteiger partial charge in [-0.3, -0.25) is 0 Å². The van der Waals surface area contributed by atoms with Gasteiger partial charge in [-0.1, -0.05) is 18.2 Å². The van der Waals surface area contributed by atoms with Crippen LogP contribution in [0.4, 0.5) is 18.9 Å². The van der Waals surface area contributed by atoms with Gasteiger partial charge in [0.1, 0.15) is 11.5 Å². The molecule has 0 heterocycles. The van der Waals surface area contributed by atoms with E-state index < -0.39 is 6.36 Å². The van der Waals surface area contributed by atoms with Crippen molar-refractivity contribution in [3.05, 3.63) is 54.1 Å². The van der Waals surface area contributed by atoms with E-state index in [-0.39, 0.29) is 35.7 Å². The second-order valence-corrected chi connectivity index (χ2v) is 6.26. The van der Waals surface area contributed by atoms with Crippen LogP contribution >= 0.6 is 24.0 Å². The van der Waals surface area contributed by atoms with Gasteiger partial charge in [0.05, 0.1) is 13.2 Å². The van der Waals surface area contributed by atoms with Crippen molar-refractivity contribution in [1.82, 2.24) is 0 Å². The average molecular weight is 507 g/mol. The Hall–Kier alpha value is -2.17. The van der Waals surface area contributed by atoms with E-state index in [1.807, 2.05) is 24.3 Å². The summed E-state index contributed by atoms with van der Waals surface area (Å²) < 4.78 is 46.1. The Bertz CT molecular complexity index is 794. The molecule has 1 aliphatic rings. The molecule has 0 unspecified atom stereocenters. The van der Waals surface area contributed by atoms with Crippen molar-refractivity contribution in [1.29, 1.82) is 0 Å². The maximum absolute atomic E-state index is 12.2. The lowest BCUT2D eigenvalue weighted by atomic mass is 10.2. The highest BCUT2D eigenvalue weighted by atomic mass is 127. The molecule has 3 N–H and O–H groups in total. The number of guanidine groups is 1. The van der Waals surface area contributed by atoms with Crippen molar-refractivity contribution in [3.8, 4) is 11.5 Å². The van der Waals surface area contributed by atoms with Crippen molar-refractivity contribution in [2.75, 3.05) is 11.9 Å². The number of aliphatic imine (C=N–C) groups is 1. The molecule has 1 fully saturated rings. The fraction of sp³-hybridized carbons (Fsp3) is 0.316. The third-order valence-corrected chi connectivity index (χ3v) is 3.92. The molecule has 1 aliphatic carbocycles. The average Bonchev–Trinajstić information content (AvgIpc) is 3.44. The SMILES string of the molecule is I.NC(=NCc1ccccc1OCC1CC1)Nc1ccc(OC(F)(F)F)cc1. The summed E-state index contributed by atoms with van der Waals surface area (Å²) in [5.41, 5.74) is 7.28. The van der Waals surface area contributed by atoms with Crippen molar-refractivity contribution >= 4 is 35.6 Å². The molecule has 2 aromatic carbocycles. The lowest BCUT2D eigenvalue weighted by Crippen LogP contribution is -2.22. The highest BCUT2D eigenvalue weighted by Gasteiger charge is 2.30. The van der Waals surface area contributed by atoms with E-state index in [1.165, 1.54) is 37.1 Å². The summed E-state index contributed by atoms with van der Waals surface area (Å²) in [6.07, 6.45) is -2.29. The highest BCUT2D eigenvalue weighted by Crippen LogP contribution is 2.30. The molecule has 9 heteroatoms. The molecule has 1 saturated carbocycles. The number of nitrogens with two attached hydrogens (primary N) is 1. The number of rotatable bonds is 7. The molecule has 0 saturated heterocycles. The molecule has 3 rings (SSSR count). The first-order valence-corrected chi connectivity index (χ1v) is 8.52. The number of para-hydroxylation sites is 1. The zero-order valence-corrected chi connectivity index (χ0v) is 17.2. The normalized spacial score (nSPS) is 14.2. The number of ether oxygens (including phenoxy) is 2. The Balaban J connectivity index is 0.00000280. The third-order valence-electron chi connectivity index (χ3n) is 3.92. The fourth-order valence-corrected chi connectivity index (χ4v) is 2.37. The number of anilines is 1. The van der Waals surface area contributed by atoms with E-state index in [0.717, 1.165) is 11.3 Å². The molecule has 0 radical (unpaired) electrons. The smallest absolute Gasteiger partial charge is 0.493 e. The number of nitrogens with one attached hydrogen (secondary N) is 1. The van der Waals surface area contributed by atoms with Crippen LogP contribution in [0.2, 0.25) is 0 Å². The van der Waals surface area contributed by atoms with Crippen molar-refractivity contribution < 1.29 is 22.6 Å². The maximum atomic E-state index is 12.2. The Morgan fingerprint density at radius 1 is 1.11 bits per heavy atom. The van der Waals surface area contributed by atoms with Crippen LogP contribution < -0.4 is 20.5 Å². The number of benzene rings is 2. The Labute approximate surface area is 178 Å². The van der Waals surface area contributed by atoms with Crippen LogP contribution in [0.25, 0.3) is 0 Å². The quantitative estimate of drug-likeness (QED) is 0.317. The molecule has 0 aromatic heterocycles. The monoisotopic (exact) mass is 507 g/mol. The van der Waals surface area contributed by atoms with Gasteiger partial charge in [0.2, 0.25) is 0 Å². The number of hydrogen-bond donors (Lipinski definition) is 2. The second kappa shape index (κ2) is 9.85. The van der Waals surface area contributed by atoms with Gasteiger partial charge in [-0.25, -0.2) is 4.99 Å². The summed E-state index contributed by atoms with van der Waals surface area (Å²) in [6.45, 7) is 1.04. The third kappa shape index (κ3) is 7.45. The minimum atomic E-state index is -4.72. The molecule has 28 heavy (non-hydrogen) atoms. The van der Waals surface area contributed by atoms with Gasteiger partial charge >= 0.3 is 6.36 Å². The van der Waals surface area contributed by atoms with Crippen LogP contribution in [-0.4, -0.2) is 18.9 Å². The summed E-state index contributed by atoms with van der Waals surface area (Å²) in [5, 5.41) is 2.83. The standard InChI is InChI=1S/C19H20F3N3O2.HI/c20-19(21,22)27-16-9-7-15(8-10-16)25-18(23)24-11-14-3-1-2-4-17(14)26-12-13-5-6-13;/h1-4,7-10,13H,5-6,11-12H2,(H3,23,24,25);1H. The molecule has 0 spiro atoms. The lowest BCUT2D eigenvalue weighted by molar-refractivity contribution is -0.274. The van der Waals surface area contributed by atoms with Crippen LogP contribution in [0, 0.1) is 5.92 Å². The Morgan fingerprint density at radius 3 is 2.43 bits per heavy atom. The summed E-state index contributed by atoms with van der Waals surface area (Å²) >= 11 is 0. The number of nitrogens with zero attached hydrogens (tertiary/aromatic N) is 1. The maximum Gasteiger partial charge on any atom is 0.573 e. The molecule has 0 amide bonds. The molecule has 5 nitrogen and oxygen atoms in total. The molecule has 0 aliphatic heterocycles. The van der Waals surface area contributed by atoms with E-state index in [1.54, 1.807) is 0 Å². The molecular formula is C19H21F3IN3O2. The van der Waals surface area contributed by atoms with Gasteiger partial charge in [-0.2, -0.15) is 0 Å². The predicted molar refractivity (Wildman–Crippen MR) is 112 cm³/mol. The highest BCUT2D eigenvalue weighted by molar-refractivity contribution is 14.0. The summed E-state index contributed by atoms with van der Waals surface area (Å²) in [4.78, 5) is 4.27. The predicted octanol–water partition coefficient (Wildman–Crippen LogP) is 4.92. The van der Waals surface area contributed by atoms with Gasteiger partial charge in [0.15, 0.2) is 5.96 Å². The number of halogens is 4. The van der Waals surface area contributed by atoms with Gasteiger partial charge in [-0.05, 0) is 49.1 Å². The van der Waals surface area contributed by atoms with E-state index in [2.05, 4.69) is 15.0 Å². The molecule has 152 valence electrons. The Kier molecular flexibility index (Phi) is 7.78. The van der Waals surface area contributed by atoms with E-state index in [9.17, 15) is 13.2 Å². The van der Waals surface area contributed by atoms with Crippen LogP contribution in [0.5, 0.6) is 11.5 Å². The lowest BCUT2D eigenvalue weighted by Gasteiger charge is -2.11. The van der Waals surface area contributed by atoms with E-state index >= 15 is 0 Å². The fourth-order valence-electron chi connectivity index (χ4n) is 2.37. The van der Waals surface area contributed by atoms with Gasteiger partial charge < -0.3 is 20.5 Å². The van der Waals surface area contributed by atoms with Crippen molar-refractivity contribution in [2.45, 2.75) is 25.7 Å². The van der Waals surface area contributed by atoms with Gasteiger partial charge in [-0.15, -0.1) is 37.1 Å². The zero-order valence-electron chi connectivity index (χ0n) is 14.9. The van der Waals surface area contributed by atoms with Crippen LogP contribution in [0.15, 0.2) is 53.5 Å². The minimum Gasteiger partial charge on any atom is -0.493 e. The van der Waals surface area contributed by atoms with Crippen LogP contribution in [-0.2, 0) is 6.54 Å². The molecular weight excluding hydrogens is 486 g/mol. The molecule has 2 aromatic rings. The molecule has 0 bridgehead atoms. The first-order valence-electron chi connectivity index (χ1n) is 8.52. The second-order valence-electron chi connectivity index (χ2n) is 6.26. The minimum absolute atomic E-state index is 0. The van der Waals surface area contributed by atoms with Gasteiger partial charge in [0, 0.05) is 11.3 Å². The summed E-state index contributed by atoms with van der Waals surface area (Å²) in [6, 6.07) is 12.9. The van der Waals surface area contributed by atoms with E-state index in [4.69, 9.17) is 10.5 Å². The number of alkyl halides is 3. The summed E-state index contributed by atoms with van der Waals surface area (Å²) in [7, 11) is 0. The van der Waals surface area contributed by atoms with Gasteiger partial charge in [0.25, 0.3) is 0 Å². The zero-order chi connectivity index (χ0) is 19.3. The Morgan fingerprint density at radius 2 is 1.79 bits per heavy atom. The topological polar surface area (TPSA) is 68.9 Å².